The van der Waals surface area contributed by atoms with Gasteiger partial charge in [-0.05, 0) is 67.3 Å². The summed E-state index contributed by atoms with van der Waals surface area (Å²) >= 11 is 1.84. The minimum Gasteiger partial charge on any atom is -0.339 e. The van der Waals surface area contributed by atoms with Crippen molar-refractivity contribution in [1.29, 1.82) is 0 Å². The largest absolute Gasteiger partial charge is 0.339 e. The molecule has 2 nitrogen and oxygen atoms in total. The maximum Gasteiger partial charge on any atom is 0.253 e. The lowest BCUT2D eigenvalue weighted by Gasteiger charge is -2.31. The molecule has 0 unspecified atom stereocenters. The fourth-order valence-electron chi connectivity index (χ4n) is 2.95. The summed E-state index contributed by atoms with van der Waals surface area (Å²) in [5, 5.41) is 2.14. The van der Waals surface area contributed by atoms with Crippen molar-refractivity contribution in [3.05, 3.63) is 57.3 Å². The fourth-order valence-corrected chi connectivity index (χ4v) is 3.85. The zero-order chi connectivity index (χ0) is 14.8. The Kier molecular flexibility index (Phi) is 4.11. The Balaban J connectivity index is 1.66. The Morgan fingerprint density at radius 3 is 2.52 bits per heavy atom. The number of carbonyl (C=O) groups excluding carboxylic acids is 1. The molecule has 0 radical (unpaired) electrons. The number of piperidine rings is 1. The van der Waals surface area contributed by atoms with Crippen LogP contribution in [0.5, 0.6) is 0 Å². The second-order valence-electron chi connectivity index (χ2n) is 5.88. The quantitative estimate of drug-likeness (QED) is 0.805. The smallest absolute Gasteiger partial charge is 0.253 e. The number of thiophene rings is 1. The van der Waals surface area contributed by atoms with Gasteiger partial charge in [-0.1, -0.05) is 12.1 Å². The maximum atomic E-state index is 12.6. The number of nitrogens with zero attached hydrogens (tertiary/aromatic N) is 1. The number of rotatable bonds is 2. The predicted molar refractivity (Wildman–Crippen MR) is 88.1 cm³/mol. The third-order valence-corrected chi connectivity index (χ3v) is 5.52. The molecular weight excluding hydrogens is 278 g/mol. The highest BCUT2D eigenvalue weighted by Crippen LogP contribution is 2.31. The third kappa shape index (κ3) is 3.03. The van der Waals surface area contributed by atoms with Gasteiger partial charge in [0.25, 0.3) is 5.91 Å². The number of hydrogen-bond acceptors (Lipinski definition) is 2. The summed E-state index contributed by atoms with van der Waals surface area (Å²) in [4.78, 5) is 16.1. The van der Waals surface area contributed by atoms with Crippen LogP contribution in [0.2, 0.25) is 0 Å². The van der Waals surface area contributed by atoms with Gasteiger partial charge >= 0.3 is 0 Å². The van der Waals surface area contributed by atoms with E-state index in [4.69, 9.17) is 0 Å². The SMILES string of the molecule is Cc1ccc(C(=O)N2CCC(c3cccs3)CC2)cc1C. The van der Waals surface area contributed by atoms with Gasteiger partial charge in [0, 0.05) is 23.5 Å². The lowest BCUT2D eigenvalue weighted by Crippen LogP contribution is -2.37. The molecule has 0 N–H and O–H groups in total. The molecule has 3 heteroatoms. The number of benzene rings is 1. The summed E-state index contributed by atoms with van der Waals surface area (Å²) in [6.07, 6.45) is 2.16. The molecule has 1 aliphatic rings. The van der Waals surface area contributed by atoms with E-state index in [2.05, 4.69) is 31.4 Å². The minimum atomic E-state index is 0.183. The molecule has 0 saturated carbocycles. The fraction of sp³-hybridized carbons (Fsp3) is 0.389. The lowest BCUT2D eigenvalue weighted by atomic mass is 9.94. The van der Waals surface area contributed by atoms with E-state index < -0.39 is 0 Å². The Morgan fingerprint density at radius 2 is 1.90 bits per heavy atom. The van der Waals surface area contributed by atoms with E-state index in [0.717, 1.165) is 31.5 Å². The van der Waals surface area contributed by atoms with Crippen LogP contribution in [-0.2, 0) is 0 Å². The van der Waals surface area contributed by atoms with Crippen LogP contribution >= 0.6 is 11.3 Å². The van der Waals surface area contributed by atoms with Gasteiger partial charge in [0.15, 0.2) is 0 Å². The molecular formula is C18H21NOS. The zero-order valence-corrected chi connectivity index (χ0v) is 13.5. The number of likely N-dealkylation sites (tertiary alicyclic amines) is 1. The van der Waals surface area contributed by atoms with Crippen molar-refractivity contribution in [2.24, 2.45) is 0 Å². The lowest BCUT2D eigenvalue weighted by molar-refractivity contribution is 0.0713. The summed E-state index contributed by atoms with van der Waals surface area (Å²) in [5.41, 5.74) is 3.25. The van der Waals surface area contributed by atoms with Crippen molar-refractivity contribution < 1.29 is 4.79 Å². The van der Waals surface area contributed by atoms with Crippen molar-refractivity contribution in [3.8, 4) is 0 Å². The van der Waals surface area contributed by atoms with E-state index in [9.17, 15) is 4.79 Å². The average molecular weight is 299 g/mol. The molecule has 1 amide bonds. The zero-order valence-electron chi connectivity index (χ0n) is 12.6. The highest BCUT2D eigenvalue weighted by molar-refractivity contribution is 7.10. The monoisotopic (exact) mass is 299 g/mol. The molecule has 2 aromatic rings. The Labute approximate surface area is 130 Å². The first-order valence-corrected chi connectivity index (χ1v) is 8.43. The molecule has 3 rings (SSSR count). The molecule has 1 aliphatic heterocycles. The Bertz CT molecular complexity index is 625. The summed E-state index contributed by atoms with van der Waals surface area (Å²) in [5.74, 6) is 0.816. The number of hydrogen-bond donors (Lipinski definition) is 0. The van der Waals surface area contributed by atoms with E-state index in [0.29, 0.717) is 5.92 Å². The molecule has 0 atom stereocenters. The average Bonchev–Trinajstić information content (AvgIpc) is 3.04. The normalized spacial score (nSPS) is 16.2. The number of aryl methyl sites for hydroxylation is 2. The summed E-state index contributed by atoms with van der Waals surface area (Å²) in [7, 11) is 0. The topological polar surface area (TPSA) is 20.3 Å². The van der Waals surface area contributed by atoms with Crippen molar-refractivity contribution in [1.82, 2.24) is 4.90 Å². The van der Waals surface area contributed by atoms with E-state index in [1.54, 1.807) is 0 Å². The van der Waals surface area contributed by atoms with Gasteiger partial charge in [-0.15, -0.1) is 11.3 Å². The van der Waals surface area contributed by atoms with E-state index >= 15 is 0 Å². The van der Waals surface area contributed by atoms with Gasteiger partial charge in [0.1, 0.15) is 0 Å². The molecule has 1 aromatic carbocycles. The van der Waals surface area contributed by atoms with Crippen LogP contribution in [0.4, 0.5) is 0 Å². The van der Waals surface area contributed by atoms with Gasteiger partial charge in [-0.3, -0.25) is 4.79 Å². The molecule has 21 heavy (non-hydrogen) atoms. The standard InChI is InChI=1S/C18H21NOS/c1-13-5-6-16(12-14(13)2)18(20)19-9-7-15(8-10-19)17-4-3-11-21-17/h3-6,11-12,15H,7-10H2,1-2H3. The van der Waals surface area contributed by atoms with E-state index in [1.807, 2.05) is 34.4 Å². The second kappa shape index (κ2) is 6.02. The summed E-state index contributed by atoms with van der Waals surface area (Å²) in [6, 6.07) is 10.3. The van der Waals surface area contributed by atoms with Gasteiger partial charge < -0.3 is 4.90 Å². The minimum absolute atomic E-state index is 0.183. The summed E-state index contributed by atoms with van der Waals surface area (Å²) in [6.45, 7) is 5.88. The van der Waals surface area contributed by atoms with Gasteiger partial charge in [-0.2, -0.15) is 0 Å². The van der Waals surface area contributed by atoms with Crippen LogP contribution in [0.15, 0.2) is 35.7 Å². The first-order valence-electron chi connectivity index (χ1n) is 7.55. The molecule has 0 bridgehead atoms. The van der Waals surface area contributed by atoms with Crippen LogP contribution in [0.25, 0.3) is 0 Å². The van der Waals surface area contributed by atoms with Crippen LogP contribution in [0, 0.1) is 13.8 Å². The maximum absolute atomic E-state index is 12.6. The number of amides is 1. The van der Waals surface area contributed by atoms with Gasteiger partial charge in [-0.25, -0.2) is 0 Å². The molecule has 0 spiro atoms. The highest BCUT2D eigenvalue weighted by atomic mass is 32.1. The van der Waals surface area contributed by atoms with Crippen molar-refractivity contribution in [3.63, 3.8) is 0 Å². The van der Waals surface area contributed by atoms with E-state index in [1.165, 1.54) is 16.0 Å². The Hall–Kier alpha value is -1.61. The van der Waals surface area contributed by atoms with Crippen LogP contribution < -0.4 is 0 Å². The van der Waals surface area contributed by atoms with Crippen LogP contribution in [-0.4, -0.2) is 23.9 Å². The molecule has 1 fully saturated rings. The Morgan fingerprint density at radius 1 is 1.14 bits per heavy atom. The first-order chi connectivity index (χ1) is 10.1. The third-order valence-electron chi connectivity index (χ3n) is 4.48. The second-order valence-corrected chi connectivity index (χ2v) is 6.86. The van der Waals surface area contributed by atoms with Crippen LogP contribution in [0.3, 0.4) is 0 Å². The predicted octanol–water partition coefficient (Wildman–Crippen LogP) is 4.38. The molecule has 0 aliphatic carbocycles. The molecule has 1 saturated heterocycles. The first kappa shape index (κ1) is 14.3. The van der Waals surface area contributed by atoms with Crippen molar-refractivity contribution >= 4 is 17.2 Å². The van der Waals surface area contributed by atoms with Gasteiger partial charge in [0.05, 0.1) is 0 Å². The highest BCUT2D eigenvalue weighted by Gasteiger charge is 2.25. The van der Waals surface area contributed by atoms with Crippen molar-refractivity contribution in [2.45, 2.75) is 32.6 Å². The molecule has 110 valence electrons. The molecule has 1 aromatic heterocycles. The van der Waals surface area contributed by atoms with Crippen molar-refractivity contribution in [2.75, 3.05) is 13.1 Å². The van der Waals surface area contributed by atoms with Crippen LogP contribution in [0.1, 0.15) is 45.1 Å². The van der Waals surface area contributed by atoms with Gasteiger partial charge in [0.2, 0.25) is 0 Å². The van der Waals surface area contributed by atoms with E-state index in [-0.39, 0.29) is 5.91 Å². The molecule has 2 heterocycles. The summed E-state index contributed by atoms with van der Waals surface area (Å²) < 4.78 is 0. The number of carbonyl (C=O) groups is 1.